The molecule has 0 N–H and O–H groups in total. The van der Waals surface area contributed by atoms with Crippen molar-refractivity contribution in [2.75, 3.05) is 0 Å². The Labute approximate surface area is 121 Å². The van der Waals surface area contributed by atoms with Gasteiger partial charge in [0.25, 0.3) is 0 Å². The lowest BCUT2D eigenvalue weighted by Gasteiger charge is -2.04. The molecule has 4 heteroatoms. The van der Waals surface area contributed by atoms with Gasteiger partial charge in [-0.05, 0) is 30.1 Å². The van der Waals surface area contributed by atoms with Crippen molar-refractivity contribution in [2.45, 2.75) is 25.8 Å². The number of imidazole rings is 1. The summed E-state index contributed by atoms with van der Waals surface area (Å²) in [6.07, 6.45) is 17.7. The Kier molecular flexibility index (Phi) is 2.89. The number of nitrogens with zero attached hydrogens (tertiary/aromatic N) is 3. The van der Waals surface area contributed by atoms with Gasteiger partial charge >= 0.3 is 0 Å². The summed E-state index contributed by atoms with van der Waals surface area (Å²) < 4.78 is 3.46. The van der Waals surface area contributed by atoms with E-state index in [1.54, 1.807) is 0 Å². The lowest BCUT2D eigenvalue weighted by Crippen LogP contribution is -2.19. The fraction of sp³-hybridized carbons (Fsp3) is 0.250. The molecule has 0 bridgehead atoms. The van der Waals surface area contributed by atoms with Crippen LogP contribution in [0.1, 0.15) is 17.8 Å². The van der Waals surface area contributed by atoms with Crippen LogP contribution in [-0.4, -0.2) is 14.5 Å². The van der Waals surface area contributed by atoms with Crippen LogP contribution in [-0.2, 0) is 13.0 Å². The molecule has 2 heterocycles. The van der Waals surface area contributed by atoms with E-state index in [2.05, 4.69) is 33.9 Å². The van der Waals surface area contributed by atoms with Crippen molar-refractivity contribution in [1.82, 2.24) is 14.5 Å². The smallest absolute Gasteiger partial charge is 0.0945 e. The molecule has 4 rings (SSSR count). The van der Waals surface area contributed by atoms with E-state index < -0.39 is 0 Å². The van der Waals surface area contributed by atoms with Crippen molar-refractivity contribution in [3.63, 3.8) is 0 Å². The van der Waals surface area contributed by atoms with Gasteiger partial charge < -0.3 is 4.57 Å². The van der Waals surface area contributed by atoms with Gasteiger partial charge in [0.2, 0.25) is 0 Å². The summed E-state index contributed by atoms with van der Waals surface area (Å²) in [5, 5.41) is 2.48. The summed E-state index contributed by atoms with van der Waals surface area (Å²) >= 11 is 1.84. The molecule has 0 radical (unpaired) electrons. The lowest BCUT2D eigenvalue weighted by molar-refractivity contribution is 0.640. The molecule has 0 atom stereocenters. The molecule has 0 saturated carbocycles. The first kappa shape index (κ1) is 11.9. The van der Waals surface area contributed by atoms with E-state index in [-0.39, 0.29) is 0 Å². The van der Waals surface area contributed by atoms with Crippen LogP contribution >= 0.6 is 11.3 Å². The number of allylic oxidation sites excluding steroid dienone is 4. The monoisotopic (exact) mass is 281 g/mol. The van der Waals surface area contributed by atoms with Gasteiger partial charge in [0.15, 0.2) is 0 Å². The molecular formula is C16H15N3S. The third kappa shape index (κ3) is 2.06. The molecule has 0 aromatic carbocycles. The van der Waals surface area contributed by atoms with Crippen LogP contribution in [0.2, 0.25) is 0 Å². The summed E-state index contributed by atoms with van der Waals surface area (Å²) in [4.78, 5) is 8.91. The number of hydrogen-bond donors (Lipinski definition) is 0. The first-order valence-corrected chi connectivity index (χ1v) is 7.75. The average molecular weight is 281 g/mol. The van der Waals surface area contributed by atoms with Crippen molar-refractivity contribution < 1.29 is 0 Å². The number of fused-ring (bicyclic) bond motifs is 2. The number of thiazole rings is 1. The van der Waals surface area contributed by atoms with Crippen molar-refractivity contribution in [3.05, 3.63) is 57.4 Å². The molecule has 0 saturated heterocycles. The van der Waals surface area contributed by atoms with Crippen LogP contribution in [0.5, 0.6) is 0 Å². The van der Waals surface area contributed by atoms with Gasteiger partial charge in [-0.15, -0.1) is 11.3 Å². The van der Waals surface area contributed by atoms with E-state index in [9.17, 15) is 0 Å². The predicted octanol–water partition coefficient (Wildman–Crippen LogP) is 1.80. The molecule has 20 heavy (non-hydrogen) atoms. The van der Waals surface area contributed by atoms with Gasteiger partial charge in [0.05, 0.1) is 21.2 Å². The lowest BCUT2D eigenvalue weighted by atomic mass is 10.0. The summed E-state index contributed by atoms with van der Waals surface area (Å²) in [7, 11) is 0. The van der Waals surface area contributed by atoms with Crippen LogP contribution in [0.25, 0.3) is 11.6 Å². The van der Waals surface area contributed by atoms with E-state index in [4.69, 9.17) is 4.98 Å². The molecular weight excluding hydrogens is 266 g/mol. The standard InChI is InChI=1S/C16H15N3S/c1-2-5-13-12(4-1)10-14-16(13)18-15(20-14)6-3-8-19-9-7-17-11-19/h1-2,4,7,9-11H,3,5-6,8H2. The maximum absolute atomic E-state index is 4.84. The largest absolute Gasteiger partial charge is 0.337 e. The molecule has 100 valence electrons. The van der Waals surface area contributed by atoms with Crippen molar-refractivity contribution in [1.29, 1.82) is 0 Å². The molecule has 2 aliphatic carbocycles. The Morgan fingerprint density at radius 1 is 1.35 bits per heavy atom. The Hall–Kier alpha value is -1.94. The molecule has 0 unspecified atom stereocenters. The van der Waals surface area contributed by atoms with Gasteiger partial charge in [0, 0.05) is 25.4 Å². The minimum Gasteiger partial charge on any atom is -0.337 e. The molecule has 2 aromatic rings. The van der Waals surface area contributed by atoms with Crippen molar-refractivity contribution in [3.8, 4) is 0 Å². The van der Waals surface area contributed by atoms with Crippen LogP contribution in [0.4, 0.5) is 0 Å². The van der Waals surface area contributed by atoms with E-state index in [0.29, 0.717) is 0 Å². The number of aromatic nitrogens is 3. The van der Waals surface area contributed by atoms with Gasteiger partial charge in [-0.25, -0.2) is 9.97 Å². The Morgan fingerprint density at radius 3 is 3.25 bits per heavy atom. The molecule has 2 aliphatic rings. The second-order valence-corrected chi connectivity index (χ2v) is 6.22. The summed E-state index contributed by atoms with van der Waals surface area (Å²) in [6.45, 7) is 1.01. The zero-order valence-corrected chi connectivity index (χ0v) is 11.9. The molecule has 0 aliphatic heterocycles. The second-order valence-electron chi connectivity index (χ2n) is 5.10. The highest BCUT2D eigenvalue weighted by molar-refractivity contribution is 7.09. The van der Waals surface area contributed by atoms with Crippen LogP contribution in [0.15, 0.2) is 42.5 Å². The fourth-order valence-electron chi connectivity index (χ4n) is 2.72. The third-order valence-corrected chi connectivity index (χ3v) is 4.78. The van der Waals surface area contributed by atoms with Gasteiger partial charge in [-0.1, -0.05) is 18.2 Å². The molecule has 0 fully saturated rings. The third-order valence-electron chi connectivity index (χ3n) is 3.72. The quantitative estimate of drug-likeness (QED) is 0.855. The number of hydrogen-bond acceptors (Lipinski definition) is 3. The van der Waals surface area contributed by atoms with E-state index in [1.165, 1.54) is 26.0 Å². The molecule has 2 aromatic heterocycles. The normalized spacial score (nSPS) is 15.8. The first-order valence-electron chi connectivity index (χ1n) is 6.94. The zero-order chi connectivity index (χ0) is 13.4. The van der Waals surface area contributed by atoms with E-state index in [0.717, 1.165) is 25.8 Å². The summed E-state index contributed by atoms with van der Waals surface area (Å²) in [6, 6.07) is 0. The number of aryl methyl sites for hydroxylation is 2. The maximum atomic E-state index is 4.84. The van der Waals surface area contributed by atoms with Gasteiger partial charge in [-0.3, -0.25) is 0 Å². The summed E-state index contributed by atoms with van der Waals surface area (Å²) in [5.74, 6) is 0. The van der Waals surface area contributed by atoms with Crippen LogP contribution in [0.3, 0.4) is 0 Å². The summed E-state index contributed by atoms with van der Waals surface area (Å²) in [5.41, 5.74) is 2.76. The molecule has 0 spiro atoms. The van der Waals surface area contributed by atoms with Crippen LogP contribution in [0, 0.1) is 0 Å². The Balaban J connectivity index is 1.52. The Bertz CT molecular complexity index is 807. The molecule has 3 nitrogen and oxygen atoms in total. The van der Waals surface area contributed by atoms with E-state index in [1.807, 2.05) is 30.1 Å². The van der Waals surface area contributed by atoms with Gasteiger partial charge in [-0.2, -0.15) is 0 Å². The topological polar surface area (TPSA) is 30.7 Å². The highest BCUT2D eigenvalue weighted by Crippen LogP contribution is 2.23. The van der Waals surface area contributed by atoms with Crippen molar-refractivity contribution >= 4 is 23.0 Å². The Morgan fingerprint density at radius 2 is 2.35 bits per heavy atom. The fourth-order valence-corrected chi connectivity index (χ4v) is 3.81. The second kappa shape index (κ2) is 4.87. The maximum Gasteiger partial charge on any atom is 0.0945 e. The highest BCUT2D eigenvalue weighted by atomic mass is 32.1. The number of rotatable bonds is 4. The first-order chi connectivity index (χ1) is 9.90. The van der Waals surface area contributed by atoms with E-state index >= 15 is 0 Å². The molecule has 0 amide bonds. The van der Waals surface area contributed by atoms with Crippen LogP contribution < -0.4 is 9.88 Å². The minimum atomic E-state index is 1.01. The average Bonchev–Trinajstić information content (AvgIpc) is 3.14. The minimum absolute atomic E-state index is 1.01. The highest BCUT2D eigenvalue weighted by Gasteiger charge is 2.15. The zero-order valence-electron chi connectivity index (χ0n) is 11.1. The van der Waals surface area contributed by atoms with Gasteiger partial charge in [0.1, 0.15) is 0 Å². The predicted molar refractivity (Wildman–Crippen MR) is 81.6 cm³/mol. The SMILES string of the molecule is C1=CCC2=c3nc(CCCn4ccnc4)sc3=CC2=C1. The van der Waals surface area contributed by atoms with Crippen molar-refractivity contribution in [2.24, 2.45) is 0 Å².